The zero-order valence-electron chi connectivity index (χ0n) is 17.7. The average Bonchev–Trinajstić information content (AvgIpc) is 2.70. The van der Waals surface area contributed by atoms with Crippen molar-refractivity contribution in [3.8, 4) is 11.5 Å². The van der Waals surface area contributed by atoms with Crippen LogP contribution in [0.3, 0.4) is 0 Å². The van der Waals surface area contributed by atoms with E-state index >= 15 is 0 Å². The number of amides is 1. The molecular weight excluding hydrogens is 428 g/mol. The molecule has 0 bridgehead atoms. The molecule has 0 spiro atoms. The van der Waals surface area contributed by atoms with Crippen molar-refractivity contribution in [1.82, 2.24) is 5.32 Å². The van der Waals surface area contributed by atoms with Gasteiger partial charge in [0.1, 0.15) is 17.5 Å². The SMILES string of the molecule is CC[C@H](C(=O)N[C@@H](C)c1ccccc1OC)N(c1ccc(OC)c(Cl)c1)S(C)(=O)=O. The van der Waals surface area contributed by atoms with Crippen molar-refractivity contribution in [2.45, 2.75) is 32.4 Å². The van der Waals surface area contributed by atoms with E-state index in [-0.39, 0.29) is 23.2 Å². The topological polar surface area (TPSA) is 84.9 Å². The molecule has 164 valence electrons. The van der Waals surface area contributed by atoms with Gasteiger partial charge in [0.2, 0.25) is 15.9 Å². The highest BCUT2D eigenvalue weighted by Gasteiger charge is 2.32. The van der Waals surface area contributed by atoms with Gasteiger partial charge >= 0.3 is 0 Å². The number of halogens is 1. The molecule has 30 heavy (non-hydrogen) atoms. The molecule has 0 fully saturated rings. The fourth-order valence-corrected chi connectivity index (χ4v) is 4.72. The van der Waals surface area contributed by atoms with E-state index in [1.54, 1.807) is 32.2 Å². The Labute approximate surface area is 183 Å². The van der Waals surface area contributed by atoms with Crippen LogP contribution in [0, 0.1) is 0 Å². The Kier molecular flexibility index (Phi) is 7.97. The number of nitrogens with zero attached hydrogens (tertiary/aromatic N) is 1. The minimum atomic E-state index is -3.78. The second kappa shape index (κ2) is 10.0. The first-order valence-electron chi connectivity index (χ1n) is 9.40. The summed E-state index contributed by atoms with van der Waals surface area (Å²) in [5, 5.41) is 3.15. The molecule has 0 saturated carbocycles. The van der Waals surface area contributed by atoms with Gasteiger partial charge in [0.05, 0.1) is 37.2 Å². The van der Waals surface area contributed by atoms with E-state index in [4.69, 9.17) is 21.1 Å². The van der Waals surface area contributed by atoms with Crippen LogP contribution in [0.2, 0.25) is 5.02 Å². The molecule has 0 aliphatic heterocycles. The summed E-state index contributed by atoms with van der Waals surface area (Å²) in [5.41, 5.74) is 1.08. The van der Waals surface area contributed by atoms with E-state index in [0.29, 0.717) is 11.5 Å². The van der Waals surface area contributed by atoms with Crippen molar-refractivity contribution in [2.75, 3.05) is 24.8 Å². The fourth-order valence-electron chi connectivity index (χ4n) is 3.26. The Morgan fingerprint density at radius 3 is 2.30 bits per heavy atom. The van der Waals surface area contributed by atoms with Crippen LogP contribution in [0.4, 0.5) is 5.69 Å². The average molecular weight is 455 g/mol. The molecule has 7 nitrogen and oxygen atoms in total. The Morgan fingerprint density at radius 2 is 1.77 bits per heavy atom. The van der Waals surface area contributed by atoms with Gasteiger partial charge in [0.15, 0.2) is 0 Å². The summed E-state index contributed by atoms with van der Waals surface area (Å²) in [4.78, 5) is 13.1. The van der Waals surface area contributed by atoms with Crippen molar-refractivity contribution in [2.24, 2.45) is 0 Å². The molecule has 9 heteroatoms. The lowest BCUT2D eigenvalue weighted by Crippen LogP contribution is -2.49. The van der Waals surface area contributed by atoms with E-state index in [0.717, 1.165) is 16.1 Å². The second-order valence-electron chi connectivity index (χ2n) is 6.77. The van der Waals surface area contributed by atoms with Gasteiger partial charge in [-0.2, -0.15) is 0 Å². The van der Waals surface area contributed by atoms with E-state index in [9.17, 15) is 13.2 Å². The first-order chi connectivity index (χ1) is 14.1. The third-order valence-corrected chi connectivity index (χ3v) is 6.16. The summed E-state index contributed by atoms with van der Waals surface area (Å²) in [6, 6.07) is 10.6. The lowest BCUT2D eigenvalue weighted by atomic mass is 10.1. The molecule has 2 atom stereocenters. The molecule has 0 aliphatic carbocycles. The van der Waals surface area contributed by atoms with Gasteiger partial charge in [-0.05, 0) is 37.6 Å². The number of rotatable bonds is 9. The number of ether oxygens (including phenoxy) is 2. The van der Waals surface area contributed by atoms with Gasteiger partial charge in [0, 0.05) is 5.56 Å². The summed E-state index contributed by atoms with van der Waals surface area (Å²) in [6.45, 7) is 3.57. The number of carbonyl (C=O) groups excluding carboxylic acids is 1. The maximum Gasteiger partial charge on any atom is 0.244 e. The molecule has 1 amide bonds. The number of nitrogens with one attached hydrogen (secondary N) is 1. The molecule has 0 unspecified atom stereocenters. The van der Waals surface area contributed by atoms with Crippen molar-refractivity contribution in [1.29, 1.82) is 0 Å². The van der Waals surface area contributed by atoms with E-state index in [2.05, 4.69) is 5.32 Å². The number of sulfonamides is 1. The normalized spacial score (nSPS) is 13.3. The molecule has 0 saturated heterocycles. The Morgan fingerprint density at radius 1 is 1.13 bits per heavy atom. The van der Waals surface area contributed by atoms with Crippen LogP contribution in [-0.2, 0) is 14.8 Å². The highest BCUT2D eigenvalue weighted by molar-refractivity contribution is 7.92. The first-order valence-corrected chi connectivity index (χ1v) is 11.6. The molecule has 0 heterocycles. The van der Waals surface area contributed by atoms with Gasteiger partial charge in [-0.3, -0.25) is 9.10 Å². The first kappa shape index (κ1) is 23.8. The number of benzene rings is 2. The Bertz CT molecular complexity index is 997. The van der Waals surface area contributed by atoms with E-state index in [1.165, 1.54) is 13.2 Å². The predicted molar refractivity (Wildman–Crippen MR) is 119 cm³/mol. The van der Waals surface area contributed by atoms with E-state index in [1.807, 2.05) is 25.1 Å². The predicted octanol–water partition coefficient (Wildman–Crippen LogP) is 3.78. The van der Waals surface area contributed by atoms with Gasteiger partial charge in [-0.1, -0.05) is 36.7 Å². The molecule has 0 aromatic heterocycles. The van der Waals surface area contributed by atoms with Crippen molar-refractivity contribution in [3.63, 3.8) is 0 Å². The van der Waals surface area contributed by atoms with Crippen LogP contribution in [0.25, 0.3) is 0 Å². The zero-order chi connectivity index (χ0) is 22.5. The molecule has 2 aromatic carbocycles. The quantitative estimate of drug-likeness (QED) is 0.623. The Balaban J connectivity index is 2.37. The molecule has 2 rings (SSSR count). The van der Waals surface area contributed by atoms with Gasteiger partial charge in [-0.25, -0.2) is 8.42 Å². The van der Waals surface area contributed by atoms with Crippen LogP contribution >= 0.6 is 11.6 Å². The van der Waals surface area contributed by atoms with Gasteiger partial charge in [0.25, 0.3) is 0 Å². The smallest absolute Gasteiger partial charge is 0.244 e. The molecule has 0 aliphatic rings. The lowest BCUT2D eigenvalue weighted by Gasteiger charge is -2.31. The highest BCUT2D eigenvalue weighted by atomic mass is 35.5. The van der Waals surface area contributed by atoms with Gasteiger partial charge < -0.3 is 14.8 Å². The summed E-state index contributed by atoms with van der Waals surface area (Å²) >= 11 is 6.19. The summed E-state index contributed by atoms with van der Waals surface area (Å²) in [5.74, 6) is 0.629. The van der Waals surface area contributed by atoms with Crippen LogP contribution in [0.1, 0.15) is 31.9 Å². The summed E-state index contributed by atoms with van der Waals surface area (Å²) in [7, 11) is -0.750. The minimum Gasteiger partial charge on any atom is -0.496 e. The van der Waals surface area contributed by atoms with Crippen LogP contribution < -0.4 is 19.1 Å². The second-order valence-corrected chi connectivity index (χ2v) is 9.04. The number of anilines is 1. The third-order valence-electron chi connectivity index (χ3n) is 4.68. The van der Waals surface area contributed by atoms with Crippen molar-refractivity contribution in [3.05, 3.63) is 53.1 Å². The van der Waals surface area contributed by atoms with Crippen molar-refractivity contribution < 1.29 is 22.7 Å². The molecule has 2 aromatic rings. The molecular formula is C21H27ClN2O5S. The third kappa shape index (κ3) is 5.37. The van der Waals surface area contributed by atoms with Crippen LogP contribution in [-0.4, -0.2) is 40.8 Å². The zero-order valence-corrected chi connectivity index (χ0v) is 19.3. The maximum absolute atomic E-state index is 13.1. The number of hydrogen-bond donors (Lipinski definition) is 1. The number of hydrogen-bond acceptors (Lipinski definition) is 5. The fraction of sp³-hybridized carbons (Fsp3) is 0.381. The summed E-state index contributed by atoms with van der Waals surface area (Å²) in [6.07, 6.45) is 1.33. The summed E-state index contributed by atoms with van der Waals surface area (Å²) < 4.78 is 36.8. The number of para-hydroxylation sites is 1. The van der Waals surface area contributed by atoms with E-state index < -0.39 is 22.0 Å². The highest BCUT2D eigenvalue weighted by Crippen LogP contribution is 2.32. The Hall–Kier alpha value is -2.45. The minimum absolute atomic E-state index is 0.251. The molecule has 0 radical (unpaired) electrons. The monoisotopic (exact) mass is 454 g/mol. The largest absolute Gasteiger partial charge is 0.496 e. The van der Waals surface area contributed by atoms with Gasteiger partial charge in [-0.15, -0.1) is 0 Å². The number of carbonyl (C=O) groups is 1. The maximum atomic E-state index is 13.1. The van der Waals surface area contributed by atoms with Crippen LogP contribution in [0.15, 0.2) is 42.5 Å². The van der Waals surface area contributed by atoms with Crippen LogP contribution in [0.5, 0.6) is 11.5 Å². The number of methoxy groups -OCH3 is 2. The lowest BCUT2D eigenvalue weighted by molar-refractivity contribution is -0.122. The van der Waals surface area contributed by atoms with Crippen molar-refractivity contribution >= 4 is 33.2 Å². The molecule has 1 N–H and O–H groups in total. The standard InChI is InChI=1S/C21H27ClN2O5S/c1-6-18(21(25)23-14(2)16-9-7-8-10-19(16)28-3)24(30(5,26)27)15-11-12-20(29-4)17(22)13-15/h7-14,18H,6H2,1-5H3,(H,23,25)/t14-,18+/m0/s1.